The Labute approximate surface area is 204 Å². The van der Waals surface area contributed by atoms with Crippen molar-refractivity contribution in [3.63, 3.8) is 0 Å². The predicted molar refractivity (Wildman–Crippen MR) is 122 cm³/mol. The van der Waals surface area contributed by atoms with E-state index in [4.69, 9.17) is 18.5 Å². The number of para-hydroxylation sites is 1. The third kappa shape index (κ3) is 6.46. The van der Waals surface area contributed by atoms with Crippen LogP contribution in [-0.4, -0.2) is 63.1 Å². The van der Waals surface area contributed by atoms with Crippen LogP contribution in [0.5, 0.6) is 5.75 Å². The highest BCUT2D eigenvalue weighted by Crippen LogP contribution is 2.48. The van der Waals surface area contributed by atoms with Gasteiger partial charge in [0.25, 0.3) is 11.4 Å². The Bertz CT molecular complexity index is 1210. The van der Waals surface area contributed by atoms with Gasteiger partial charge in [-0.1, -0.05) is 25.1 Å². The van der Waals surface area contributed by atoms with Crippen molar-refractivity contribution in [1.82, 2.24) is 14.6 Å². The molecule has 6 atom stereocenters. The molecule has 1 unspecified atom stereocenters. The smallest absolute Gasteiger partial charge is 0.459 e. The Morgan fingerprint density at radius 1 is 1.31 bits per heavy atom. The summed E-state index contributed by atoms with van der Waals surface area (Å²) >= 11 is 0. The SMILES string of the molecule is CCCOC(=O)[C@H](C)NP(=O)(OC[C@@]1(F)O[C@@H](n2ccc(=O)[nH]c2=O)[C@H](O)[C@@H]1O)Oc1ccccc1. The number of esters is 1. The second kappa shape index (κ2) is 11.5. The maximum atomic E-state index is 15.6. The fourth-order valence-electron chi connectivity index (χ4n) is 3.22. The van der Waals surface area contributed by atoms with Gasteiger partial charge in [-0.25, -0.2) is 13.8 Å². The maximum absolute atomic E-state index is 15.6. The minimum atomic E-state index is -4.51. The van der Waals surface area contributed by atoms with Crippen molar-refractivity contribution in [3.05, 3.63) is 63.4 Å². The first kappa shape index (κ1) is 27.7. The summed E-state index contributed by atoms with van der Waals surface area (Å²) in [6.07, 6.45) is -4.47. The number of aromatic nitrogens is 2. The summed E-state index contributed by atoms with van der Waals surface area (Å²) in [6, 6.07) is 7.41. The molecule has 4 N–H and O–H groups in total. The van der Waals surface area contributed by atoms with E-state index in [-0.39, 0.29) is 12.4 Å². The van der Waals surface area contributed by atoms with E-state index in [2.05, 4.69) is 5.09 Å². The molecule has 15 heteroatoms. The van der Waals surface area contributed by atoms with Crippen LogP contribution >= 0.6 is 7.75 Å². The molecule has 0 radical (unpaired) electrons. The highest BCUT2D eigenvalue weighted by molar-refractivity contribution is 7.52. The molecule has 3 rings (SSSR count). The largest absolute Gasteiger partial charge is 0.465 e. The normalized spacial score (nSPS) is 26.2. The summed E-state index contributed by atoms with van der Waals surface area (Å²) in [5.74, 6) is -3.87. The molecular formula is C21H27FN3O10P. The van der Waals surface area contributed by atoms with Crippen LogP contribution in [0.3, 0.4) is 0 Å². The van der Waals surface area contributed by atoms with E-state index in [1.165, 1.54) is 19.1 Å². The van der Waals surface area contributed by atoms with Crippen LogP contribution in [0.4, 0.5) is 4.39 Å². The van der Waals surface area contributed by atoms with Crippen LogP contribution in [0, 0.1) is 0 Å². The third-order valence-electron chi connectivity index (χ3n) is 5.05. The zero-order valence-corrected chi connectivity index (χ0v) is 20.3. The first-order valence-electron chi connectivity index (χ1n) is 11.0. The number of halogens is 1. The van der Waals surface area contributed by atoms with Gasteiger partial charge in [0.05, 0.1) is 6.61 Å². The van der Waals surface area contributed by atoms with E-state index in [9.17, 15) is 29.2 Å². The Balaban J connectivity index is 1.80. The first-order valence-corrected chi connectivity index (χ1v) is 12.5. The number of benzene rings is 1. The maximum Gasteiger partial charge on any atom is 0.459 e. The fraction of sp³-hybridized carbons (Fsp3) is 0.476. The van der Waals surface area contributed by atoms with Gasteiger partial charge in [0, 0.05) is 12.3 Å². The fourth-order valence-corrected chi connectivity index (χ4v) is 4.73. The molecule has 0 amide bonds. The molecule has 0 saturated carbocycles. The highest BCUT2D eigenvalue weighted by Gasteiger charge is 2.57. The average Bonchev–Trinajstić information content (AvgIpc) is 3.06. The van der Waals surface area contributed by atoms with E-state index in [1.807, 2.05) is 4.98 Å². The van der Waals surface area contributed by atoms with Gasteiger partial charge in [-0.05, 0) is 25.5 Å². The lowest BCUT2D eigenvalue weighted by atomic mass is 10.1. The number of carbonyl (C=O) groups is 1. The number of aliphatic hydroxyl groups excluding tert-OH is 2. The summed E-state index contributed by atoms with van der Waals surface area (Å²) in [4.78, 5) is 37.4. The van der Waals surface area contributed by atoms with Crippen LogP contribution in [0.25, 0.3) is 0 Å². The Morgan fingerprint density at radius 3 is 2.64 bits per heavy atom. The van der Waals surface area contributed by atoms with Gasteiger partial charge >= 0.3 is 19.4 Å². The van der Waals surface area contributed by atoms with Gasteiger partial charge in [-0.3, -0.25) is 23.7 Å². The number of alkyl halides is 1. The number of nitrogens with one attached hydrogen (secondary N) is 2. The van der Waals surface area contributed by atoms with Crippen molar-refractivity contribution in [1.29, 1.82) is 0 Å². The summed E-state index contributed by atoms with van der Waals surface area (Å²) in [7, 11) is -4.51. The number of hydrogen-bond donors (Lipinski definition) is 4. The predicted octanol–water partition coefficient (Wildman–Crippen LogP) is 0.588. The van der Waals surface area contributed by atoms with Gasteiger partial charge in [-0.15, -0.1) is 0 Å². The molecule has 198 valence electrons. The number of nitrogens with zero attached hydrogens (tertiary/aromatic N) is 1. The van der Waals surface area contributed by atoms with Gasteiger partial charge in [-0.2, -0.15) is 5.09 Å². The molecule has 0 aliphatic carbocycles. The second-order valence-corrected chi connectivity index (χ2v) is 9.63. The third-order valence-corrected chi connectivity index (χ3v) is 6.68. The van der Waals surface area contributed by atoms with Crippen molar-refractivity contribution < 1.29 is 42.5 Å². The monoisotopic (exact) mass is 531 g/mol. The number of hydrogen-bond acceptors (Lipinski definition) is 10. The van der Waals surface area contributed by atoms with Gasteiger partial charge in [0.1, 0.15) is 30.6 Å². The quantitative estimate of drug-likeness (QED) is 0.236. The topological polar surface area (TPSA) is 178 Å². The summed E-state index contributed by atoms with van der Waals surface area (Å²) in [5, 5.41) is 23.0. The number of rotatable bonds is 11. The molecule has 1 fully saturated rings. The van der Waals surface area contributed by atoms with E-state index in [0.717, 1.165) is 12.3 Å². The summed E-state index contributed by atoms with van der Waals surface area (Å²) in [5.41, 5.74) is -1.76. The van der Waals surface area contributed by atoms with Crippen LogP contribution in [0.1, 0.15) is 26.5 Å². The van der Waals surface area contributed by atoms with Crippen molar-refractivity contribution in [2.24, 2.45) is 0 Å². The lowest BCUT2D eigenvalue weighted by molar-refractivity contribution is -0.204. The summed E-state index contributed by atoms with van der Waals surface area (Å²) in [6.45, 7) is 1.99. The van der Waals surface area contributed by atoms with Crippen LogP contribution < -0.4 is 20.9 Å². The molecule has 1 saturated heterocycles. The molecule has 13 nitrogen and oxygen atoms in total. The lowest BCUT2D eigenvalue weighted by Crippen LogP contribution is -2.44. The molecule has 0 spiro atoms. The zero-order chi connectivity index (χ0) is 26.5. The van der Waals surface area contributed by atoms with Crippen molar-refractivity contribution in [2.75, 3.05) is 13.2 Å². The molecule has 2 heterocycles. The summed E-state index contributed by atoms with van der Waals surface area (Å²) < 4.78 is 50.4. The van der Waals surface area contributed by atoms with E-state index >= 15 is 4.39 Å². The number of ether oxygens (including phenoxy) is 2. The standard InChI is InChI=1S/C21H27FN3O10P/c1-3-11-32-19(29)13(2)24-36(31,35-14-7-5-4-6-8-14)33-12-21(22)17(28)16(27)18(34-21)25-10-9-15(26)23-20(25)30/h4-10,13,16-18,27-28H,3,11-12H2,1-2H3,(H,24,31)(H,23,26,30)/t13-,16+,17-,18+,21+,36?/m0/s1. The molecule has 2 aromatic rings. The zero-order valence-electron chi connectivity index (χ0n) is 19.4. The molecular weight excluding hydrogens is 504 g/mol. The van der Waals surface area contributed by atoms with Gasteiger partial charge < -0.3 is 24.2 Å². The van der Waals surface area contributed by atoms with Gasteiger partial charge in [0.15, 0.2) is 6.23 Å². The first-order chi connectivity index (χ1) is 17.0. The molecule has 36 heavy (non-hydrogen) atoms. The van der Waals surface area contributed by atoms with Crippen LogP contribution in [0.2, 0.25) is 0 Å². The number of carbonyl (C=O) groups excluding carboxylic acids is 1. The Morgan fingerprint density at radius 2 is 2.00 bits per heavy atom. The van der Waals surface area contributed by atoms with E-state index in [1.54, 1.807) is 25.1 Å². The van der Waals surface area contributed by atoms with Crippen molar-refractivity contribution in [3.8, 4) is 5.75 Å². The number of aromatic amines is 1. The van der Waals surface area contributed by atoms with E-state index < -0.39 is 61.9 Å². The molecule has 1 aliphatic rings. The molecule has 1 aliphatic heterocycles. The van der Waals surface area contributed by atoms with Crippen LogP contribution in [-0.2, 0) is 23.4 Å². The van der Waals surface area contributed by atoms with E-state index in [0.29, 0.717) is 11.0 Å². The molecule has 1 aromatic carbocycles. The van der Waals surface area contributed by atoms with Gasteiger partial charge in [0.2, 0.25) is 0 Å². The van der Waals surface area contributed by atoms with Crippen molar-refractivity contribution >= 4 is 13.7 Å². The average molecular weight is 531 g/mol. The Hall–Kier alpha value is -2.87. The molecule has 1 aromatic heterocycles. The highest BCUT2D eigenvalue weighted by atomic mass is 31.2. The minimum absolute atomic E-state index is 0.0564. The Kier molecular flexibility index (Phi) is 8.82. The van der Waals surface area contributed by atoms with Crippen LogP contribution in [0.15, 0.2) is 52.2 Å². The number of H-pyrrole nitrogens is 1. The minimum Gasteiger partial charge on any atom is -0.465 e. The molecule has 0 bridgehead atoms. The van der Waals surface area contributed by atoms with Crippen molar-refractivity contribution in [2.45, 2.75) is 50.6 Å². The lowest BCUT2D eigenvalue weighted by Gasteiger charge is -2.27. The second-order valence-electron chi connectivity index (χ2n) is 7.94. The number of aliphatic hydroxyl groups is 2.